The van der Waals surface area contributed by atoms with Crippen LogP contribution in [0.3, 0.4) is 0 Å². The molecule has 2 amide bonds. The minimum Gasteiger partial charge on any atom is -0.497 e. The zero-order valence-corrected chi connectivity index (χ0v) is 23.5. The molecule has 2 aliphatic heterocycles. The predicted molar refractivity (Wildman–Crippen MR) is 150 cm³/mol. The van der Waals surface area contributed by atoms with Gasteiger partial charge >= 0.3 is 6.03 Å². The molecule has 2 heterocycles. The number of aliphatic hydroxyl groups excluding tert-OH is 1. The van der Waals surface area contributed by atoms with Crippen molar-refractivity contribution in [3.8, 4) is 11.5 Å². The van der Waals surface area contributed by atoms with Crippen molar-refractivity contribution in [1.82, 2.24) is 14.7 Å². The van der Waals surface area contributed by atoms with Crippen LogP contribution >= 0.6 is 11.6 Å². The molecular formula is C29H39ClN4O4. The first-order chi connectivity index (χ1) is 18.4. The molecule has 0 saturated carbocycles. The van der Waals surface area contributed by atoms with Gasteiger partial charge in [-0.05, 0) is 49.1 Å². The van der Waals surface area contributed by atoms with E-state index >= 15 is 0 Å². The van der Waals surface area contributed by atoms with Gasteiger partial charge in [0.25, 0.3) is 0 Å². The average molecular weight is 543 g/mol. The van der Waals surface area contributed by atoms with Gasteiger partial charge in [-0.15, -0.1) is 0 Å². The van der Waals surface area contributed by atoms with Crippen LogP contribution in [-0.4, -0.2) is 90.8 Å². The lowest BCUT2D eigenvalue weighted by Gasteiger charge is -2.39. The molecule has 206 valence electrons. The molecular weight excluding hydrogens is 504 g/mol. The monoisotopic (exact) mass is 542 g/mol. The second-order valence-corrected chi connectivity index (χ2v) is 10.6. The molecule has 38 heavy (non-hydrogen) atoms. The Morgan fingerprint density at radius 1 is 1.13 bits per heavy atom. The van der Waals surface area contributed by atoms with Crippen LogP contribution in [0.4, 0.5) is 4.79 Å². The summed E-state index contributed by atoms with van der Waals surface area (Å²) >= 11 is 6.24. The maximum atomic E-state index is 14.3. The van der Waals surface area contributed by atoms with Crippen molar-refractivity contribution >= 4 is 23.5 Å². The second kappa shape index (κ2) is 12.8. The highest BCUT2D eigenvalue weighted by Gasteiger charge is 2.44. The molecule has 0 aliphatic carbocycles. The fraction of sp³-hybridized carbons (Fsp3) is 0.517. The van der Waals surface area contributed by atoms with Crippen LogP contribution in [0.1, 0.15) is 44.4 Å². The number of halogens is 1. The Morgan fingerprint density at radius 3 is 2.45 bits per heavy atom. The molecule has 1 saturated heterocycles. The summed E-state index contributed by atoms with van der Waals surface area (Å²) in [5, 5.41) is 9.99. The summed E-state index contributed by atoms with van der Waals surface area (Å²) in [6.07, 6.45) is 0.824. The van der Waals surface area contributed by atoms with Crippen LogP contribution in [0, 0.1) is 5.92 Å². The number of urea groups is 1. The Morgan fingerprint density at radius 2 is 1.84 bits per heavy atom. The quantitative estimate of drug-likeness (QED) is 0.497. The third-order valence-corrected chi connectivity index (χ3v) is 7.33. The number of aliphatic hydroxyl groups is 1. The predicted octanol–water partition coefficient (Wildman–Crippen LogP) is 4.70. The summed E-state index contributed by atoms with van der Waals surface area (Å²) in [4.78, 5) is 25.5. The van der Waals surface area contributed by atoms with Crippen molar-refractivity contribution < 1.29 is 19.4 Å². The molecule has 1 N–H and O–H groups in total. The van der Waals surface area contributed by atoms with Gasteiger partial charge in [-0.2, -0.15) is 0 Å². The molecule has 0 radical (unpaired) electrons. The van der Waals surface area contributed by atoms with Crippen molar-refractivity contribution in [2.45, 2.75) is 39.3 Å². The summed E-state index contributed by atoms with van der Waals surface area (Å²) in [7, 11) is 1.62. The third kappa shape index (κ3) is 6.25. The third-order valence-electron chi connectivity index (χ3n) is 7.08. The summed E-state index contributed by atoms with van der Waals surface area (Å²) in [5.41, 5.74) is 1.77. The van der Waals surface area contributed by atoms with Crippen LogP contribution < -0.4 is 9.47 Å². The highest BCUT2D eigenvalue weighted by molar-refractivity contribution is 6.30. The number of aliphatic imine (C=N–C) groups is 1. The van der Waals surface area contributed by atoms with Crippen molar-refractivity contribution in [3.63, 3.8) is 0 Å². The molecule has 2 aromatic rings. The molecule has 0 bridgehead atoms. The van der Waals surface area contributed by atoms with Gasteiger partial charge in [0.1, 0.15) is 17.3 Å². The van der Waals surface area contributed by atoms with Gasteiger partial charge in [-0.1, -0.05) is 37.6 Å². The normalized spacial score (nSPS) is 20.1. The first kappa shape index (κ1) is 28.2. The number of nitrogens with zero attached hydrogens (tertiary/aromatic N) is 4. The van der Waals surface area contributed by atoms with E-state index in [4.69, 9.17) is 26.1 Å². The van der Waals surface area contributed by atoms with Crippen LogP contribution in [0.15, 0.2) is 47.5 Å². The van der Waals surface area contributed by atoms with E-state index in [1.165, 1.54) is 0 Å². The standard InChI is InChI=1S/C29H39ClN4O4/c1-5-38-26-19-23(37-4)10-11-24(26)28-31-25(18-20(2)3)27(21-6-8-22(30)9-7-21)34(28)29(36)33-14-12-32(13-15-33)16-17-35/h6-11,19-20,25,27,35H,5,12-18H2,1-4H3. The van der Waals surface area contributed by atoms with Crippen LogP contribution in [0.25, 0.3) is 0 Å². The van der Waals surface area contributed by atoms with E-state index in [1.807, 2.05) is 59.2 Å². The van der Waals surface area contributed by atoms with Crippen LogP contribution in [0.2, 0.25) is 5.02 Å². The van der Waals surface area contributed by atoms with Crippen molar-refractivity contribution in [2.75, 3.05) is 53.0 Å². The first-order valence-electron chi connectivity index (χ1n) is 13.4. The van der Waals surface area contributed by atoms with Crippen molar-refractivity contribution in [1.29, 1.82) is 0 Å². The lowest BCUT2D eigenvalue weighted by Crippen LogP contribution is -2.54. The van der Waals surface area contributed by atoms with E-state index < -0.39 is 0 Å². The molecule has 2 unspecified atom stereocenters. The summed E-state index contributed by atoms with van der Waals surface area (Å²) in [6, 6.07) is 12.9. The minimum atomic E-state index is -0.274. The van der Waals surface area contributed by atoms with E-state index in [2.05, 4.69) is 18.7 Å². The Balaban J connectivity index is 1.79. The van der Waals surface area contributed by atoms with E-state index in [9.17, 15) is 9.90 Å². The number of carbonyl (C=O) groups excluding carboxylic acids is 1. The number of amides is 2. The fourth-order valence-electron chi connectivity index (χ4n) is 5.24. The van der Waals surface area contributed by atoms with Crippen molar-refractivity contribution in [3.05, 3.63) is 58.6 Å². The summed E-state index contributed by atoms with van der Waals surface area (Å²) in [5.74, 6) is 2.32. The number of carbonyl (C=O) groups is 1. The van der Waals surface area contributed by atoms with Gasteiger partial charge in [0, 0.05) is 43.8 Å². The number of β-amino-alcohol motifs (C(OH)–C–C–N with tert-alkyl or cyclic N) is 1. The van der Waals surface area contributed by atoms with Gasteiger partial charge in [-0.3, -0.25) is 14.8 Å². The number of hydrogen-bond donors (Lipinski definition) is 1. The van der Waals surface area contributed by atoms with Crippen molar-refractivity contribution in [2.24, 2.45) is 10.9 Å². The SMILES string of the molecule is CCOc1cc(OC)ccc1C1=NC(CC(C)C)C(c2ccc(Cl)cc2)N1C(=O)N1CCN(CCO)CC1. The number of methoxy groups -OCH3 is 1. The van der Waals surface area contributed by atoms with Gasteiger partial charge in [0.15, 0.2) is 0 Å². The van der Waals surface area contributed by atoms with Crippen LogP contribution in [0.5, 0.6) is 11.5 Å². The molecule has 2 aliphatic rings. The molecule has 0 aromatic heterocycles. The molecule has 2 aromatic carbocycles. The molecule has 8 nitrogen and oxygen atoms in total. The van der Waals surface area contributed by atoms with Gasteiger partial charge in [0.2, 0.25) is 0 Å². The fourth-order valence-corrected chi connectivity index (χ4v) is 5.37. The largest absolute Gasteiger partial charge is 0.497 e. The van der Waals surface area contributed by atoms with Gasteiger partial charge < -0.3 is 19.5 Å². The zero-order valence-electron chi connectivity index (χ0n) is 22.8. The van der Waals surface area contributed by atoms with E-state index in [1.54, 1.807) is 7.11 Å². The Bertz CT molecular complexity index is 1120. The van der Waals surface area contributed by atoms with E-state index in [0.29, 0.717) is 54.5 Å². The lowest BCUT2D eigenvalue weighted by molar-refractivity contribution is 0.107. The number of rotatable bonds is 9. The van der Waals surface area contributed by atoms with Crippen LogP contribution in [-0.2, 0) is 0 Å². The molecule has 1 fully saturated rings. The van der Waals surface area contributed by atoms with Gasteiger partial charge in [-0.25, -0.2) is 4.79 Å². The number of amidine groups is 1. The number of benzene rings is 2. The van der Waals surface area contributed by atoms with E-state index in [-0.39, 0.29) is 24.7 Å². The first-order valence-corrected chi connectivity index (χ1v) is 13.8. The number of piperazine rings is 1. The summed E-state index contributed by atoms with van der Waals surface area (Å²) in [6.45, 7) is 10.1. The Labute approximate surface area is 230 Å². The second-order valence-electron chi connectivity index (χ2n) is 10.1. The highest BCUT2D eigenvalue weighted by atomic mass is 35.5. The maximum Gasteiger partial charge on any atom is 0.326 e. The molecule has 2 atom stereocenters. The van der Waals surface area contributed by atoms with Gasteiger partial charge in [0.05, 0.1) is 38.0 Å². The maximum absolute atomic E-state index is 14.3. The van der Waals surface area contributed by atoms with E-state index in [0.717, 1.165) is 30.6 Å². The highest BCUT2D eigenvalue weighted by Crippen LogP contribution is 2.40. The topological polar surface area (TPSA) is 77.8 Å². The number of hydrogen-bond acceptors (Lipinski definition) is 6. The molecule has 0 spiro atoms. The Kier molecular flexibility index (Phi) is 9.52. The lowest BCUT2D eigenvalue weighted by atomic mass is 9.93. The molecule has 4 rings (SSSR count). The zero-order chi connectivity index (χ0) is 27.2. The molecule has 9 heteroatoms. The smallest absolute Gasteiger partial charge is 0.326 e. The summed E-state index contributed by atoms with van der Waals surface area (Å²) < 4.78 is 11.5. The average Bonchev–Trinajstić information content (AvgIpc) is 3.27. The minimum absolute atomic E-state index is 0.0723. The number of ether oxygens (including phenoxy) is 2. The Hall–Kier alpha value is -2.81.